The number of nitrogens with zero attached hydrogens (tertiary/aromatic N) is 2. The Morgan fingerprint density at radius 2 is 1.26 bits per heavy atom. The Kier molecular flexibility index (Phi) is 7.42. The van der Waals surface area contributed by atoms with Gasteiger partial charge in [-0.1, -0.05) is 34.8 Å². The van der Waals surface area contributed by atoms with Crippen LogP contribution in [0.4, 0.5) is 26.3 Å². The summed E-state index contributed by atoms with van der Waals surface area (Å²) in [5, 5.41) is 4.51. The van der Waals surface area contributed by atoms with E-state index in [1.165, 1.54) is 0 Å². The highest BCUT2D eigenvalue weighted by atomic mass is 35.5. The van der Waals surface area contributed by atoms with Gasteiger partial charge in [0.1, 0.15) is 0 Å². The van der Waals surface area contributed by atoms with Crippen molar-refractivity contribution in [2.75, 3.05) is 13.2 Å². The number of rotatable bonds is 6. The molecule has 0 bridgehead atoms. The van der Waals surface area contributed by atoms with Gasteiger partial charge in [0.25, 0.3) is 0 Å². The van der Waals surface area contributed by atoms with Crippen molar-refractivity contribution in [1.82, 2.24) is 9.97 Å². The van der Waals surface area contributed by atoms with Gasteiger partial charge in [-0.15, -0.1) is 0 Å². The zero-order chi connectivity index (χ0) is 23.8. The van der Waals surface area contributed by atoms with Crippen LogP contribution in [0.5, 0.6) is 11.8 Å². The van der Waals surface area contributed by atoms with Crippen LogP contribution in [0.15, 0.2) is 17.0 Å². The summed E-state index contributed by atoms with van der Waals surface area (Å²) in [6.45, 7) is -4.11. The van der Waals surface area contributed by atoms with Crippen molar-refractivity contribution in [2.45, 2.75) is 17.2 Å². The molecule has 2 aromatic rings. The molecule has 0 aliphatic heterocycles. The molecule has 0 aliphatic carbocycles. The van der Waals surface area contributed by atoms with Gasteiger partial charge in [0.2, 0.25) is 26.7 Å². The summed E-state index contributed by atoms with van der Waals surface area (Å²) in [6, 6.07) is 2.13. The van der Waals surface area contributed by atoms with Crippen molar-refractivity contribution in [1.29, 1.82) is 0 Å². The Labute approximate surface area is 185 Å². The normalized spacial score (nSPS) is 12.7. The number of primary sulfonamides is 1. The summed E-state index contributed by atoms with van der Waals surface area (Å²) in [5.41, 5.74) is -0.231. The topological polar surface area (TPSA) is 104 Å². The third kappa shape index (κ3) is 7.14. The highest BCUT2D eigenvalue weighted by Crippen LogP contribution is 2.38. The van der Waals surface area contributed by atoms with Crippen LogP contribution in [-0.4, -0.2) is 44.0 Å². The van der Waals surface area contributed by atoms with E-state index in [2.05, 4.69) is 19.4 Å². The molecule has 0 unspecified atom stereocenters. The van der Waals surface area contributed by atoms with Crippen LogP contribution in [0, 0.1) is 0 Å². The van der Waals surface area contributed by atoms with Crippen LogP contribution in [0.3, 0.4) is 0 Å². The van der Waals surface area contributed by atoms with E-state index in [1.54, 1.807) is 0 Å². The van der Waals surface area contributed by atoms with E-state index in [0.29, 0.717) is 0 Å². The third-order valence-electron chi connectivity index (χ3n) is 3.08. The molecule has 2 rings (SSSR count). The Hall–Kier alpha value is -1.74. The second kappa shape index (κ2) is 9.02. The maximum atomic E-state index is 12.6. The standard InChI is InChI=1S/C14H8Cl3F6N3O4S/c15-6-2-8(17)7(16)1-5(6)10-25-11(29-3-13(18,19)20)9(31(24,27)28)12(26-10)30-4-14(21,22)23/h1-2H,3-4H2,(H2,24,27,28). The molecule has 0 fully saturated rings. The second-order valence-corrected chi connectivity index (χ2v) is 8.31. The fourth-order valence-corrected chi connectivity index (χ4v) is 3.29. The van der Waals surface area contributed by atoms with Crippen LogP contribution in [0.25, 0.3) is 11.4 Å². The highest BCUT2D eigenvalue weighted by molar-refractivity contribution is 7.89. The molecule has 31 heavy (non-hydrogen) atoms. The minimum Gasteiger partial charge on any atom is -0.467 e. The summed E-state index contributed by atoms with van der Waals surface area (Å²) < 4.78 is 108. The minimum absolute atomic E-state index is 0.0429. The summed E-state index contributed by atoms with van der Waals surface area (Å²) in [7, 11) is -5.01. The summed E-state index contributed by atoms with van der Waals surface area (Å²) in [6.07, 6.45) is -9.93. The smallest absolute Gasteiger partial charge is 0.422 e. The molecule has 2 N–H and O–H groups in total. The van der Waals surface area contributed by atoms with Gasteiger partial charge in [-0.25, -0.2) is 13.6 Å². The second-order valence-electron chi connectivity index (χ2n) is 5.59. The van der Waals surface area contributed by atoms with E-state index in [0.717, 1.165) is 12.1 Å². The van der Waals surface area contributed by atoms with Gasteiger partial charge in [0.05, 0.1) is 15.1 Å². The lowest BCUT2D eigenvalue weighted by atomic mass is 10.2. The Bertz CT molecular complexity index is 1060. The van der Waals surface area contributed by atoms with Gasteiger partial charge in [-0.05, 0) is 12.1 Å². The van der Waals surface area contributed by atoms with Gasteiger partial charge in [-0.3, -0.25) is 0 Å². The van der Waals surface area contributed by atoms with Crippen LogP contribution in [0.1, 0.15) is 0 Å². The molecule has 1 aromatic carbocycles. The number of hydrogen-bond acceptors (Lipinski definition) is 6. The Morgan fingerprint density at radius 3 is 1.65 bits per heavy atom. The number of halogens is 9. The molecule has 0 spiro atoms. The Balaban J connectivity index is 2.76. The molecule has 0 amide bonds. The number of benzene rings is 1. The van der Waals surface area contributed by atoms with E-state index in [1.807, 2.05) is 0 Å². The molecular formula is C14H8Cl3F6N3O4S. The van der Waals surface area contributed by atoms with Crippen molar-refractivity contribution < 1.29 is 44.2 Å². The van der Waals surface area contributed by atoms with E-state index in [9.17, 15) is 34.8 Å². The minimum atomic E-state index is -5.01. The first-order valence-corrected chi connectivity index (χ1v) is 10.1. The molecule has 1 aromatic heterocycles. The van der Waals surface area contributed by atoms with Gasteiger partial charge >= 0.3 is 12.4 Å². The molecule has 0 radical (unpaired) electrons. The molecule has 7 nitrogen and oxygen atoms in total. The molecular weight excluding hydrogens is 527 g/mol. The fourth-order valence-electron chi connectivity index (χ4n) is 1.96. The fraction of sp³-hybridized carbons (Fsp3) is 0.286. The quantitative estimate of drug-likeness (QED) is 0.428. The number of ether oxygens (including phenoxy) is 2. The van der Waals surface area contributed by atoms with Crippen LogP contribution in [-0.2, 0) is 10.0 Å². The van der Waals surface area contributed by atoms with E-state index < -0.39 is 58.1 Å². The first-order valence-electron chi connectivity index (χ1n) is 7.47. The van der Waals surface area contributed by atoms with Crippen molar-refractivity contribution in [3.05, 3.63) is 27.2 Å². The predicted molar refractivity (Wildman–Crippen MR) is 97.0 cm³/mol. The van der Waals surface area contributed by atoms with Crippen LogP contribution in [0.2, 0.25) is 15.1 Å². The first-order chi connectivity index (χ1) is 14.0. The SMILES string of the molecule is NS(=O)(=O)c1c(OCC(F)(F)F)nc(-c2cc(Cl)c(Cl)cc2Cl)nc1OCC(F)(F)F. The monoisotopic (exact) mass is 533 g/mol. The number of aromatic nitrogens is 2. The Morgan fingerprint density at radius 1 is 0.839 bits per heavy atom. The molecule has 0 saturated heterocycles. The van der Waals surface area contributed by atoms with Crippen molar-refractivity contribution >= 4 is 44.8 Å². The number of alkyl halides is 6. The maximum Gasteiger partial charge on any atom is 0.422 e. The lowest BCUT2D eigenvalue weighted by Gasteiger charge is -2.17. The van der Waals surface area contributed by atoms with Gasteiger partial charge < -0.3 is 9.47 Å². The summed E-state index contributed by atoms with van der Waals surface area (Å²) in [5.74, 6) is -3.31. The van der Waals surface area contributed by atoms with Crippen LogP contribution < -0.4 is 14.6 Å². The average Bonchev–Trinajstić information content (AvgIpc) is 2.58. The molecule has 0 atom stereocenters. The maximum absolute atomic E-state index is 12.6. The van der Waals surface area contributed by atoms with Gasteiger partial charge in [0.15, 0.2) is 19.0 Å². The largest absolute Gasteiger partial charge is 0.467 e. The summed E-state index contributed by atoms with van der Waals surface area (Å²) in [4.78, 5) is 5.59. The molecule has 172 valence electrons. The first kappa shape index (κ1) is 25.5. The average molecular weight is 535 g/mol. The van der Waals surface area contributed by atoms with E-state index >= 15 is 0 Å². The third-order valence-corrected chi connectivity index (χ3v) is 5.04. The molecule has 1 heterocycles. The molecule has 0 aliphatic rings. The highest BCUT2D eigenvalue weighted by Gasteiger charge is 2.35. The van der Waals surface area contributed by atoms with Crippen molar-refractivity contribution in [3.8, 4) is 23.1 Å². The zero-order valence-electron chi connectivity index (χ0n) is 14.5. The lowest BCUT2D eigenvalue weighted by molar-refractivity contribution is -0.155. The molecule has 0 saturated carbocycles. The van der Waals surface area contributed by atoms with Crippen molar-refractivity contribution in [2.24, 2.45) is 5.14 Å². The van der Waals surface area contributed by atoms with Gasteiger partial charge in [0, 0.05) is 5.56 Å². The summed E-state index contributed by atoms with van der Waals surface area (Å²) >= 11 is 17.6. The predicted octanol–water partition coefficient (Wildman–Crippen LogP) is 4.63. The number of sulfonamides is 1. The number of nitrogens with two attached hydrogens (primary N) is 1. The van der Waals surface area contributed by atoms with Gasteiger partial charge in [-0.2, -0.15) is 36.3 Å². The van der Waals surface area contributed by atoms with Crippen LogP contribution >= 0.6 is 34.8 Å². The van der Waals surface area contributed by atoms with E-state index in [4.69, 9.17) is 39.9 Å². The molecule has 17 heteroatoms. The lowest BCUT2D eigenvalue weighted by Crippen LogP contribution is -2.25. The van der Waals surface area contributed by atoms with E-state index in [-0.39, 0.29) is 20.6 Å². The number of hydrogen-bond donors (Lipinski definition) is 1. The van der Waals surface area contributed by atoms with Crippen molar-refractivity contribution in [3.63, 3.8) is 0 Å². The zero-order valence-corrected chi connectivity index (χ0v) is 17.6.